The lowest BCUT2D eigenvalue weighted by molar-refractivity contribution is 0.547. The Kier molecular flexibility index (Phi) is 4.73. The first kappa shape index (κ1) is 15.6. The molecule has 2 N–H and O–H groups in total. The van der Waals surface area contributed by atoms with Crippen LogP contribution in [0.15, 0.2) is 17.6 Å². The summed E-state index contributed by atoms with van der Waals surface area (Å²) in [5.41, 5.74) is 0. The Labute approximate surface area is 124 Å². The molecule has 0 bridgehead atoms. The van der Waals surface area contributed by atoms with E-state index in [1.165, 1.54) is 12.5 Å². The predicted molar refractivity (Wildman–Crippen MR) is 77.0 cm³/mol. The molecule has 21 heavy (non-hydrogen) atoms. The van der Waals surface area contributed by atoms with Gasteiger partial charge < -0.3 is 4.57 Å². The third kappa shape index (κ3) is 3.67. The van der Waals surface area contributed by atoms with Crippen LogP contribution in [0.5, 0.6) is 0 Å². The van der Waals surface area contributed by atoms with Crippen molar-refractivity contribution in [2.75, 3.05) is 0 Å². The summed E-state index contributed by atoms with van der Waals surface area (Å²) in [5.74, 6) is 1.46. The number of hydrogen-bond donors (Lipinski definition) is 1. The maximum atomic E-state index is 11.4. The second kappa shape index (κ2) is 6.35. The molecule has 0 saturated heterocycles. The van der Waals surface area contributed by atoms with Crippen molar-refractivity contribution >= 4 is 10.0 Å². The van der Waals surface area contributed by atoms with Gasteiger partial charge in [-0.1, -0.05) is 13.8 Å². The summed E-state index contributed by atoms with van der Waals surface area (Å²) >= 11 is 0. The van der Waals surface area contributed by atoms with E-state index in [1.807, 2.05) is 11.6 Å². The standard InChI is InChI=1S/C12H20N6O2S/c1-3-5-10-16-12(21(13,19)20)8-17(10)7-11-14-9-15-18(11)6-4-2/h8-9H,3-7H2,1-2H3,(H2,13,19,20). The molecule has 116 valence electrons. The average Bonchev–Trinajstić information content (AvgIpc) is 2.99. The van der Waals surface area contributed by atoms with Gasteiger partial charge in [0.05, 0.1) is 6.54 Å². The fourth-order valence-corrected chi connectivity index (χ4v) is 2.59. The zero-order chi connectivity index (χ0) is 15.5. The predicted octanol–water partition coefficient (Wildman–Crippen LogP) is 0.533. The molecule has 0 aliphatic rings. The molecule has 0 radical (unpaired) electrons. The van der Waals surface area contributed by atoms with Crippen LogP contribution in [0.25, 0.3) is 0 Å². The van der Waals surface area contributed by atoms with Crippen LogP contribution in [-0.2, 0) is 29.5 Å². The highest BCUT2D eigenvalue weighted by molar-refractivity contribution is 7.89. The molecule has 8 nitrogen and oxygen atoms in total. The van der Waals surface area contributed by atoms with Gasteiger partial charge in [-0.25, -0.2) is 28.2 Å². The van der Waals surface area contributed by atoms with Gasteiger partial charge in [0, 0.05) is 19.2 Å². The van der Waals surface area contributed by atoms with E-state index in [-0.39, 0.29) is 5.03 Å². The summed E-state index contributed by atoms with van der Waals surface area (Å²) < 4.78 is 26.5. The molecule has 2 heterocycles. The van der Waals surface area contributed by atoms with Gasteiger partial charge in [0.1, 0.15) is 18.0 Å². The van der Waals surface area contributed by atoms with Gasteiger partial charge in [0.25, 0.3) is 10.0 Å². The Morgan fingerprint density at radius 2 is 2.00 bits per heavy atom. The fraction of sp³-hybridized carbons (Fsp3) is 0.583. The monoisotopic (exact) mass is 312 g/mol. The first-order valence-corrected chi connectivity index (χ1v) is 8.45. The molecule has 0 atom stereocenters. The van der Waals surface area contributed by atoms with Crippen LogP contribution in [0, 0.1) is 0 Å². The SMILES string of the molecule is CCCc1nc(S(N)(=O)=O)cn1Cc1ncnn1CCC. The fourth-order valence-electron chi connectivity index (χ4n) is 2.09. The number of primary sulfonamides is 1. The summed E-state index contributed by atoms with van der Waals surface area (Å²) in [6, 6.07) is 0. The van der Waals surface area contributed by atoms with E-state index < -0.39 is 10.0 Å². The molecular weight excluding hydrogens is 292 g/mol. The Balaban J connectivity index is 2.33. The summed E-state index contributed by atoms with van der Waals surface area (Å²) in [6.45, 7) is 5.27. The Morgan fingerprint density at radius 3 is 2.62 bits per heavy atom. The molecule has 0 unspecified atom stereocenters. The lowest BCUT2D eigenvalue weighted by Crippen LogP contribution is -2.12. The zero-order valence-electron chi connectivity index (χ0n) is 12.2. The van der Waals surface area contributed by atoms with Gasteiger partial charge in [0.15, 0.2) is 5.03 Å². The first-order valence-electron chi connectivity index (χ1n) is 6.91. The Bertz CT molecular complexity index is 703. The highest BCUT2D eigenvalue weighted by Gasteiger charge is 2.17. The molecular formula is C12H20N6O2S. The Hall–Kier alpha value is -1.74. The van der Waals surface area contributed by atoms with Gasteiger partial charge in [-0.2, -0.15) is 5.10 Å². The third-order valence-corrected chi connectivity index (χ3v) is 3.82. The highest BCUT2D eigenvalue weighted by Crippen LogP contribution is 2.12. The molecule has 2 rings (SSSR count). The van der Waals surface area contributed by atoms with Crippen molar-refractivity contribution in [3.63, 3.8) is 0 Å². The van der Waals surface area contributed by atoms with Gasteiger partial charge in [-0.15, -0.1) is 0 Å². The van der Waals surface area contributed by atoms with Crippen molar-refractivity contribution in [3.8, 4) is 0 Å². The topological polar surface area (TPSA) is 109 Å². The minimum Gasteiger partial charge on any atom is -0.326 e. The molecule has 2 aromatic heterocycles. The van der Waals surface area contributed by atoms with Crippen molar-refractivity contribution in [1.82, 2.24) is 24.3 Å². The molecule has 0 aromatic carbocycles. The maximum absolute atomic E-state index is 11.4. The minimum atomic E-state index is -3.80. The molecule has 0 amide bonds. The number of rotatable bonds is 7. The molecule has 0 saturated carbocycles. The number of sulfonamides is 1. The van der Waals surface area contributed by atoms with Crippen molar-refractivity contribution in [3.05, 3.63) is 24.2 Å². The van der Waals surface area contributed by atoms with E-state index in [0.29, 0.717) is 18.8 Å². The van der Waals surface area contributed by atoms with E-state index in [2.05, 4.69) is 22.0 Å². The van der Waals surface area contributed by atoms with Crippen molar-refractivity contribution in [2.45, 2.75) is 51.2 Å². The largest absolute Gasteiger partial charge is 0.326 e. The van der Waals surface area contributed by atoms with Crippen LogP contribution >= 0.6 is 0 Å². The lowest BCUT2D eigenvalue weighted by atomic mass is 10.3. The number of nitrogens with zero attached hydrogens (tertiary/aromatic N) is 5. The number of imidazole rings is 1. The van der Waals surface area contributed by atoms with Crippen LogP contribution in [0.4, 0.5) is 0 Å². The normalized spacial score (nSPS) is 12.0. The summed E-state index contributed by atoms with van der Waals surface area (Å²) in [5, 5.41) is 9.21. The second-order valence-electron chi connectivity index (χ2n) is 4.82. The van der Waals surface area contributed by atoms with E-state index in [4.69, 9.17) is 5.14 Å². The summed E-state index contributed by atoms with van der Waals surface area (Å²) in [7, 11) is -3.80. The van der Waals surface area contributed by atoms with E-state index in [0.717, 1.165) is 25.2 Å². The minimum absolute atomic E-state index is 0.104. The molecule has 0 spiro atoms. The smallest absolute Gasteiger partial charge is 0.257 e. The summed E-state index contributed by atoms with van der Waals surface area (Å²) in [6.07, 6.45) is 5.46. The number of aryl methyl sites for hydroxylation is 2. The van der Waals surface area contributed by atoms with Crippen LogP contribution < -0.4 is 5.14 Å². The van der Waals surface area contributed by atoms with Gasteiger partial charge in [-0.05, 0) is 12.8 Å². The molecule has 9 heteroatoms. The van der Waals surface area contributed by atoms with E-state index in [9.17, 15) is 8.42 Å². The van der Waals surface area contributed by atoms with Crippen molar-refractivity contribution < 1.29 is 8.42 Å². The zero-order valence-corrected chi connectivity index (χ0v) is 13.0. The number of nitrogens with two attached hydrogens (primary N) is 1. The van der Waals surface area contributed by atoms with Crippen molar-refractivity contribution in [2.24, 2.45) is 5.14 Å². The summed E-state index contributed by atoms with van der Waals surface area (Å²) in [4.78, 5) is 8.35. The van der Waals surface area contributed by atoms with E-state index >= 15 is 0 Å². The van der Waals surface area contributed by atoms with Crippen molar-refractivity contribution in [1.29, 1.82) is 0 Å². The number of hydrogen-bond acceptors (Lipinski definition) is 5. The average molecular weight is 312 g/mol. The third-order valence-electron chi connectivity index (χ3n) is 3.05. The van der Waals surface area contributed by atoms with Gasteiger partial charge in [-0.3, -0.25) is 0 Å². The molecule has 0 fully saturated rings. The molecule has 0 aliphatic heterocycles. The van der Waals surface area contributed by atoms with Gasteiger partial charge >= 0.3 is 0 Å². The van der Waals surface area contributed by atoms with Crippen LogP contribution in [-0.4, -0.2) is 32.7 Å². The second-order valence-corrected chi connectivity index (χ2v) is 6.33. The quantitative estimate of drug-likeness (QED) is 0.802. The van der Waals surface area contributed by atoms with Crippen LogP contribution in [0.2, 0.25) is 0 Å². The van der Waals surface area contributed by atoms with Crippen LogP contribution in [0.3, 0.4) is 0 Å². The number of aromatic nitrogens is 5. The highest BCUT2D eigenvalue weighted by atomic mass is 32.2. The maximum Gasteiger partial charge on any atom is 0.257 e. The first-order chi connectivity index (χ1) is 9.95. The van der Waals surface area contributed by atoms with Gasteiger partial charge in [0.2, 0.25) is 0 Å². The molecule has 0 aliphatic carbocycles. The lowest BCUT2D eigenvalue weighted by Gasteiger charge is -2.08. The molecule has 2 aromatic rings. The van der Waals surface area contributed by atoms with E-state index in [1.54, 1.807) is 4.57 Å². The Morgan fingerprint density at radius 1 is 1.24 bits per heavy atom. The van der Waals surface area contributed by atoms with Crippen LogP contribution in [0.1, 0.15) is 38.3 Å².